The first-order valence-corrected chi connectivity index (χ1v) is 9.63. The van der Waals surface area contributed by atoms with Gasteiger partial charge in [0, 0.05) is 5.02 Å². The third-order valence-electron chi connectivity index (χ3n) is 4.92. The molecule has 1 saturated heterocycles. The predicted molar refractivity (Wildman–Crippen MR) is 105 cm³/mol. The molecule has 7 heteroatoms. The third kappa shape index (κ3) is 4.49. The van der Waals surface area contributed by atoms with E-state index in [0.29, 0.717) is 23.6 Å². The SMILES string of the molecule is CCOc1ccc(Cc2cc([C@@H]3OC(CO)[C@@H](O)[C@H](O)[C@H]3O)ccc2Cl)cc1. The van der Waals surface area contributed by atoms with E-state index in [1.54, 1.807) is 12.1 Å². The largest absolute Gasteiger partial charge is 0.494 e. The normalized spacial score (nSPS) is 27.6. The van der Waals surface area contributed by atoms with Crippen LogP contribution in [0, 0.1) is 0 Å². The van der Waals surface area contributed by atoms with Gasteiger partial charge in [0.05, 0.1) is 13.2 Å². The minimum absolute atomic E-state index is 0.464. The van der Waals surface area contributed by atoms with Crippen LogP contribution >= 0.6 is 11.6 Å². The first kappa shape index (κ1) is 21.0. The summed E-state index contributed by atoms with van der Waals surface area (Å²) < 4.78 is 11.1. The summed E-state index contributed by atoms with van der Waals surface area (Å²) in [6.45, 7) is 2.07. The van der Waals surface area contributed by atoms with Crippen LogP contribution in [0.25, 0.3) is 0 Å². The number of benzene rings is 2. The quantitative estimate of drug-likeness (QED) is 0.582. The smallest absolute Gasteiger partial charge is 0.119 e. The molecule has 0 amide bonds. The van der Waals surface area contributed by atoms with Gasteiger partial charge in [-0.05, 0) is 48.2 Å². The van der Waals surface area contributed by atoms with Crippen LogP contribution in [-0.2, 0) is 11.2 Å². The van der Waals surface area contributed by atoms with Crippen LogP contribution in [0.1, 0.15) is 29.7 Å². The van der Waals surface area contributed by atoms with Crippen molar-refractivity contribution in [2.75, 3.05) is 13.2 Å². The molecular formula is C21H25ClO6. The van der Waals surface area contributed by atoms with E-state index >= 15 is 0 Å². The summed E-state index contributed by atoms with van der Waals surface area (Å²) in [5.74, 6) is 0.799. The zero-order valence-corrected chi connectivity index (χ0v) is 16.3. The molecule has 28 heavy (non-hydrogen) atoms. The average molecular weight is 409 g/mol. The van der Waals surface area contributed by atoms with E-state index in [0.717, 1.165) is 16.9 Å². The van der Waals surface area contributed by atoms with Gasteiger partial charge in [-0.15, -0.1) is 0 Å². The van der Waals surface area contributed by atoms with Crippen LogP contribution in [0.15, 0.2) is 42.5 Å². The molecule has 1 aliphatic rings. The van der Waals surface area contributed by atoms with Crippen molar-refractivity contribution in [1.29, 1.82) is 0 Å². The molecule has 1 fully saturated rings. The van der Waals surface area contributed by atoms with E-state index in [-0.39, 0.29) is 0 Å². The fraction of sp³-hybridized carbons (Fsp3) is 0.429. The predicted octanol–water partition coefficient (Wildman–Crippen LogP) is 1.84. The van der Waals surface area contributed by atoms with Crippen molar-refractivity contribution >= 4 is 11.6 Å². The molecule has 1 unspecified atom stereocenters. The Morgan fingerprint density at radius 2 is 1.71 bits per heavy atom. The molecule has 2 aromatic carbocycles. The lowest BCUT2D eigenvalue weighted by atomic mass is 9.90. The number of aliphatic hydroxyl groups is 4. The second-order valence-electron chi connectivity index (χ2n) is 6.85. The minimum Gasteiger partial charge on any atom is -0.494 e. The zero-order chi connectivity index (χ0) is 20.3. The Labute approximate surface area is 168 Å². The molecule has 4 N–H and O–H groups in total. The maximum atomic E-state index is 10.3. The lowest BCUT2D eigenvalue weighted by Gasteiger charge is -2.40. The molecule has 0 bridgehead atoms. The molecule has 5 atom stereocenters. The monoisotopic (exact) mass is 408 g/mol. The molecule has 1 heterocycles. The van der Waals surface area contributed by atoms with Crippen molar-refractivity contribution in [1.82, 2.24) is 0 Å². The number of hydrogen-bond donors (Lipinski definition) is 4. The molecule has 6 nitrogen and oxygen atoms in total. The van der Waals surface area contributed by atoms with Crippen molar-refractivity contribution in [3.8, 4) is 5.75 Å². The number of ether oxygens (including phenoxy) is 2. The van der Waals surface area contributed by atoms with E-state index in [4.69, 9.17) is 21.1 Å². The van der Waals surface area contributed by atoms with Crippen molar-refractivity contribution in [2.24, 2.45) is 0 Å². The van der Waals surface area contributed by atoms with Crippen molar-refractivity contribution in [3.05, 3.63) is 64.2 Å². The van der Waals surface area contributed by atoms with Gasteiger partial charge >= 0.3 is 0 Å². The van der Waals surface area contributed by atoms with Gasteiger partial charge in [-0.25, -0.2) is 0 Å². The maximum absolute atomic E-state index is 10.3. The minimum atomic E-state index is -1.42. The second kappa shape index (κ2) is 9.22. The van der Waals surface area contributed by atoms with Gasteiger partial charge in [0.25, 0.3) is 0 Å². The highest BCUT2D eigenvalue weighted by Gasteiger charge is 2.43. The molecule has 1 aliphatic heterocycles. The van der Waals surface area contributed by atoms with E-state index in [1.807, 2.05) is 37.3 Å². The van der Waals surface area contributed by atoms with Crippen LogP contribution in [0.5, 0.6) is 5.75 Å². The lowest BCUT2D eigenvalue weighted by Crippen LogP contribution is -2.55. The highest BCUT2D eigenvalue weighted by molar-refractivity contribution is 6.31. The average Bonchev–Trinajstić information content (AvgIpc) is 2.70. The Morgan fingerprint density at radius 1 is 1.00 bits per heavy atom. The summed E-state index contributed by atoms with van der Waals surface area (Å²) in [4.78, 5) is 0. The fourth-order valence-corrected chi connectivity index (χ4v) is 3.56. The van der Waals surface area contributed by atoms with E-state index in [9.17, 15) is 20.4 Å². The Bertz CT molecular complexity index is 779. The Balaban J connectivity index is 1.82. The van der Waals surface area contributed by atoms with Gasteiger partial charge in [-0.1, -0.05) is 35.9 Å². The zero-order valence-electron chi connectivity index (χ0n) is 15.5. The summed E-state index contributed by atoms with van der Waals surface area (Å²) >= 11 is 6.35. The molecular weight excluding hydrogens is 384 g/mol. The molecule has 152 valence electrons. The van der Waals surface area contributed by atoms with Crippen LogP contribution in [0.2, 0.25) is 5.02 Å². The molecule has 3 rings (SSSR count). The van der Waals surface area contributed by atoms with Crippen LogP contribution in [-0.4, -0.2) is 58.1 Å². The number of rotatable bonds is 6. The van der Waals surface area contributed by atoms with Crippen molar-refractivity contribution < 1.29 is 29.9 Å². The Kier molecular flexibility index (Phi) is 6.93. The first-order valence-electron chi connectivity index (χ1n) is 9.25. The first-order chi connectivity index (χ1) is 13.4. The van der Waals surface area contributed by atoms with E-state index in [2.05, 4.69) is 0 Å². The summed E-state index contributed by atoms with van der Waals surface area (Å²) in [5, 5.41) is 40.3. The van der Waals surface area contributed by atoms with Crippen LogP contribution in [0.3, 0.4) is 0 Å². The molecule has 0 radical (unpaired) electrons. The number of hydrogen-bond acceptors (Lipinski definition) is 6. The van der Waals surface area contributed by atoms with Crippen molar-refractivity contribution in [2.45, 2.75) is 43.9 Å². The summed E-state index contributed by atoms with van der Waals surface area (Å²) in [6, 6.07) is 12.9. The third-order valence-corrected chi connectivity index (χ3v) is 5.29. The van der Waals surface area contributed by atoms with E-state index in [1.165, 1.54) is 0 Å². The maximum Gasteiger partial charge on any atom is 0.119 e. The Morgan fingerprint density at radius 3 is 2.36 bits per heavy atom. The van der Waals surface area contributed by atoms with Gasteiger partial charge in [0.15, 0.2) is 0 Å². The van der Waals surface area contributed by atoms with Gasteiger partial charge in [-0.2, -0.15) is 0 Å². The Hall–Kier alpha value is -1.67. The number of halogens is 1. The van der Waals surface area contributed by atoms with E-state index < -0.39 is 37.1 Å². The number of aliphatic hydroxyl groups excluding tert-OH is 4. The highest BCUT2D eigenvalue weighted by Crippen LogP contribution is 2.34. The molecule has 0 aliphatic carbocycles. The van der Waals surface area contributed by atoms with Crippen LogP contribution in [0.4, 0.5) is 0 Å². The molecule has 0 aromatic heterocycles. The summed E-state index contributed by atoms with van der Waals surface area (Å²) in [7, 11) is 0. The van der Waals surface area contributed by atoms with Gasteiger partial charge in [0.1, 0.15) is 36.3 Å². The van der Waals surface area contributed by atoms with Crippen LogP contribution < -0.4 is 4.74 Å². The standard InChI is InChI=1S/C21H25ClO6/c1-2-27-15-6-3-12(4-7-15)9-14-10-13(5-8-16(14)22)21-20(26)19(25)18(24)17(11-23)28-21/h3-8,10,17-21,23-26H,2,9,11H2,1H3/t17?,18-,19+,20-,21+/m1/s1. The van der Waals surface area contributed by atoms with Gasteiger partial charge < -0.3 is 29.9 Å². The van der Waals surface area contributed by atoms with Gasteiger partial charge in [0.2, 0.25) is 0 Å². The van der Waals surface area contributed by atoms with Gasteiger partial charge in [-0.3, -0.25) is 0 Å². The summed E-state index contributed by atoms with van der Waals surface area (Å²) in [6.07, 6.45) is -5.39. The second-order valence-corrected chi connectivity index (χ2v) is 7.26. The van der Waals surface area contributed by atoms with Crippen molar-refractivity contribution in [3.63, 3.8) is 0 Å². The molecule has 2 aromatic rings. The summed E-state index contributed by atoms with van der Waals surface area (Å²) in [5.41, 5.74) is 2.49. The lowest BCUT2D eigenvalue weighted by molar-refractivity contribution is -0.231. The highest BCUT2D eigenvalue weighted by atomic mass is 35.5. The molecule has 0 spiro atoms. The molecule has 0 saturated carbocycles. The fourth-order valence-electron chi connectivity index (χ4n) is 3.37. The topological polar surface area (TPSA) is 99.4 Å².